The summed E-state index contributed by atoms with van der Waals surface area (Å²) in [4.78, 5) is 24.9. The van der Waals surface area contributed by atoms with Gasteiger partial charge in [0.15, 0.2) is 0 Å². The number of amides is 1. The van der Waals surface area contributed by atoms with E-state index in [1.54, 1.807) is 7.05 Å². The van der Waals surface area contributed by atoms with Gasteiger partial charge in [0.05, 0.1) is 12.5 Å². The minimum Gasteiger partial charge on any atom is -0.481 e. The third-order valence-corrected chi connectivity index (χ3v) is 3.75. The van der Waals surface area contributed by atoms with Crippen LogP contribution in [-0.4, -0.2) is 41.5 Å². The first kappa shape index (κ1) is 14.5. The Morgan fingerprint density at radius 3 is 2.70 bits per heavy atom. The molecule has 1 aliphatic rings. The van der Waals surface area contributed by atoms with Crippen molar-refractivity contribution < 1.29 is 14.7 Å². The van der Waals surface area contributed by atoms with Crippen LogP contribution in [0.1, 0.15) is 24.0 Å². The second-order valence-corrected chi connectivity index (χ2v) is 5.08. The summed E-state index contributed by atoms with van der Waals surface area (Å²) in [6, 6.07) is 7.44. The van der Waals surface area contributed by atoms with E-state index in [1.807, 2.05) is 24.3 Å². The zero-order chi connectivity index (χ0) is 14.5. The highest BCUT2D eigenvalue weighted by Gasteiger charge is 2.30. The summed E-state index contributed by atoms with van der Waals surface area (Å²) in [7, 11) is 1.65. The van der Waals surface area contributed by atoms with Gasteiger partial charge in [-0.1, -0.05) is 24.3 Å². The Morgan fingerprint density at radius 1 is 1.35 bits per heavy atom. The van der Waals surface area contributed by atoms with Gasteiger partial charge in [-0.2, -0.15) is 0 Å². The number of likely N-dealkylation sites (tertiary alicyclic amines) is 1. The highest BCUT2D eigenvalue weighted by molar-refractivity contribution is 5.81. The summed E-state index contributed by atoms with van der Waals surface area (Å²) in [6.07, 6.45) is 1.88. The molecule has 108 valence electrons. The van der Waals surface area contributed by atoms with Crippen molar-refractivity contribution in [3.63, 3.8) is 0 Å². The molecule has 5 heteroatoms. The van der Waals surface area contributed by atoms with E-state index < -0.39 is 5.97 Å². The lowest BCUT2D eigenvalue weighted by Crippen LogP contribution is -2.41. The van der Waals surface area contributed by atoms with Gasteiger partial charge in [-0.25, -0.2) is 0 Å². The maximum absolute atomic E-state index is 11.8. The minimum atomic E-state index is -0.832. The maximum atomic E-state index is 11.8. The highest BCUT2D eigenvalue weighted by Crippen LogP contribution is 2.22. The molecule has 0 saturated carbocycles. The number of hydrogen-bond donors (Lipinski definition) is 2. The lowest BCUT2D eigenvalue weighted by Gasteiger charge is -2.24. The second-order valence-electron chi connectivity index (χ2n) is 5.08. The standard InChI is InChI=1S/C15H20N2O3/c1-16-15(20)13-7-4-8-17(13)10-12-6-3-2-5-11(12)9-14(18)19/h2-3,5-6,13H,4,7-10H2,1H3,(H,16,20)(H,18,19). The van der Waals surface area contributed by atoms with Gasteiger partial charge in [-0.05, 0) is 30.5 Å². The van der Waals surface area contributed by atoms with Gasteiger partial charge in [0.2, 0.25) is 5.91 Å². The molecule has 1 aliphatic heterocycles. The largest absolute Gasteiger partial charge is 0.481 e. The number of hydrogen-bond acceptors (Lipinski definition) is 3. The third-order valence-electron chi connectivity index (χ3n) is 3.75. The topological polar surface area (TPSA) is 69.6 Å². The van der Waals surface area contributed by atoms with Crippen molar-refractivity contribution in [3.8, 4) is 0 Å². The Morgan fingerprint density at radius 2 is 2.05 bits per heavy atom. The number of rotatable bonds is 5. The van der Waals surface area contributed by atoms with Crippen LogP contribution in [0.4, 0.5) is 0 Å². The molecule has 1 heterocycles. The summed E-state index contributed by atoms with van der Waals surface area (Å²) in [5.74, 6) is -0.792. The summed E-state index contributed by atoms with van der Waals surface area (Å²) >= 11 is 0. The van der Waals surface area contributed by atoms with E-state index in [1.165, 1.54) is 0 Å². The molecule has 5 nitrogen and oxygen atoms in total. The fourth-order valence-electron chi connectivity index (χ4n) is 2.74. The number of nitrogens with one attached hydrogen (secondary N) is 1. The molecule has 1 amide bonds. The van der Waals surface area contributed by atoms with Crippen molar-refractivity contribution >= 4 is 11.9 Å². The molecule has 0 spiro atoms. The van der Waals surface area contributed by atoms with Crippen molar-refractivity contribution in [2.45, 2.75) is 31.8 Å². The summed E-state index contributed by atoms with van der Waals surface area (Å²) in [5, 5.41) is 11.6. The predicted octanol–water partition coefficient (Wildman–Crippen LogP) is 1.02. The van der Waals surface area contributed by atoms with Crippen LogP contribution in [0.25, 0.3) is 0 Å². The van der Waals surface area contributed by atoms with E-state index in [2.05, 4.69) is 10.2 Å². The first-order chi connectivity index (χ1) is 9.61. The zero-order valence-electron chi connectivity index (χ0n) is 11.6. The smallest absolute Gasteiger partial charge is 0.307 e. The van der Waals surface area contributed by atoms with Crippen molar-refractivity contribution in [2.24, 2.45) is 0 Å². The van der Waals surface area contributed by atoms with Crippen molar-refractivity contribution in [1.29, 1.82) is 0 Å². The molecule has 0 bridgehead atoms. The number of benzene rings is 1. The van der Waals surface area contributed by atoms with Crippen molar-refractivity contribution in [3.05, 3.63) is 35.4 Å². The molecule has 0 aliphatic carbocycles. The van der Waals surface area contributed by atoms with E-state index in [0.717, 1.165) is 30.5 Å². The lowest BCUT2D eigenvalue weighted by atomic mass is 10.0. The summed E-state index contributed by atoms with van der Waals surface area (Å²) in [5.41, 5.74) is 1.81. The Labute approximate surface area is 118 Å². The number of carboxylic acids is 1. The SMILES string of the molecule is CNC(=O)C1CCCN1Cc1ccccc1CC(=O)O. The first-order valence-corrected chi connectivity index (χ1v) is 6.86. The van der Waals surface area contributed by atoms with Crippen LogP contribution >= 0.6 is 0 Å². The van der Waals surface area contributed by atoms with E-state index in [0.29, 0.717) is 6.54 Å². The molecule has 0 aromatic heterocycles. The highest BCUT2D eigenvalue weighted by atomic mass is 16.4. The molecular weight excluding hydrogens is 256 g/mol. The number of carbonyl (C=O) groups excluding carboxylic acids is 1. The predicted molar refractivity (Wildman–Crippen MR) is 75.3 cm³/mol. The molecule has 1 aromatic rings. The zero-order valence-corrected chi connectivity index (χ0v) is 11.6. The maximum Gasteiger partial charge on any atom is 0.307 e. The Kier molecular flexibility index (Phi) is 4.74. The molecule has 1 atom stereocenters. The normalized spacial score (nSPS) is 18.9. The van der Waals surface area contributed by atoms with Gasteiger partial charge >= 0.3 is 5.97 Å². The van der Waals surface area contributed by atoms with Gasteiger partial charge in [-0.3, -0.25) is 14.5 Å². The van der Waals surface area contributed by atoms with Crippen LogP contribution in [0.15, 0.2) is 24.3 Å². The summed E-state index contributed by atoms with van der Waals surface area (Å²) < 4.78 is 0. The molecule has 20 heavy (non-hydrogen) atoms. The molecule has 1 fully saturated rings. The molecule has 1 unspecified atom stereocenters. The van der Waals surface area contributed by atoms with E-state index in [-0.39, 0.29) is 18.4 Å². The number of likely N-dealkylation sites (N-methyl/N-ethyl adjacent to an activating group) is 1. The van der Waals surface area contributed by atoms with Crippen molar-refractivity contribution in [1.82, 2.24) is 10.2 Å². The molecule has 1 aromatic carbocycles. The fourth-order valence-corrected chi connectivity index (χ4v) is 2.74. The first-order valence-electron chi connectivity index (χ1n) is 6.86. The summed E-state index contributed by atoms with van der Waals surface area (Å²) in [6.45, 7) is 1.50. The Hall–Kier alpha value is -1.88. The number of nitrogens with zero attached hydrogens (tertiary/aromatic N) is 1. The number of carbonyl (C=O) groups is 2. The molecule has 2 rings (SSSR count). The molecule has 0 radical (unpaired) electrons. The van der Waals surface area contributed by atoms with Gasteiger partial charge < -0.3 is 10.4 Å². The van der Waals surface area contributed by atoms with Gasteiger partial charge in [0.25, 0.3) is 0 Å². The quantitative estimate of drug-likeness (QED) is 0.842. The Bertz CT molecular complexity index is 502. The minimum absolute atomic E-state index is 0.0225. The van der Waals surface area contributed by atoms with E-state index >= 15 is 0 Å². The van der Waals surface area contributed by atoms with E-state index in [9.17, 15) is 9.59 Å². The van der Waals surface area contributed by atoms with Gasteiger partial charge in [0, 0.05) is 13.6 Å². The van der Waals surface area contributed by atoms with E-state index in [4.69, 9.17) is 5.11 Å². The number of carboxylic acid groups (broad SMARTS) is 1. The van der Waals surface area contributed by atoms with Gasteiger partial charge in [-0.15, -0.1) is 0 Å². The molecule has 1 saturated heterocycles. The Balaban J connectivity index is 2.13. The third kappa shape index (κ3) is 3.36. The second kappa shape index (κ2) is 6.52. The van der Waals surface area contributed by atoms with Crippen LogP contribution in [0.5, 0.6) is 0 Å². The average Bonchev–Trinajstić information content (AvgIpc) is 2.88. The molecular formula is C15H20N2O3. The lowest BCUT2D eigenvalue weighted by molar-refractivity contribution is -0.136. The van der Waals surface area contributed by atoms with Gasteiger partial charge in [0.1, 0.15) is 0 Å². The van der Waals surface area contributed by atoms with Crippen LogP contribution in [0, 0.1) is 0 Å². The van der Waals surface area contributed by atoms with Crippen molar-refractivity contribution in [2.75, 3.05) is 13.6 Å². The van der Waals surface area contributed by atoms with Crippen LogP contribution in [0.3, 0.4) is 0 Å². The molecule has 2 N–H and O–H groups in total. The monoisotopic (exact) mass is 276 g/mol. The van der Waals surface area contributed by atoms with Crippen LogP contribution in [0.2, 0.25) is 0 Å². The average molecular weight is 276 g/mol. The number of aliphatic carboxylic acids is 1. The van der Waals surface area contributed by atoms with Crippen LogP contribution < -0.4 is 5.32 Å². The fraction of sp³-hybridized carbons (Fsp3) is 0.467. The van der Waals surface area contributed by atoms with Crippen LogP contribution in [-0.2, 0) is 22.6 Å².